The van der Waals surface area contributed by atoms with E-state index in [1.165, 1.54) is 70.5 Å². The van der Waals surface area contributed by atoms with Gasteiger partial charge in [-0.3, -0.25) is 29.0 Å². The van der Waals surface area contributed by atoms with Crippen LogP contribution >= 0.6 is 0 Å². The van der Waals surface area contributed by atoms with E-state index in [2.05, 4.69) is 21.3 Å². The van der Waals surface area contributed by atoms with E-state index < -0.39 is 47.3 Å². The fourth-order valence-electron chi connectivity index (χ4n) is 5.33. The summed E-state index contributed by atoms with van der Waals surface area (Å²) in [5.74, 6) is -3.14. The second kappa shape index (κ2) is 18.5. The van der Waals surface area contributed by atoms with Gasteiger partial charge >= 0.3 is 0 Å². The smallest absolute Gasteiger partial charge is 0.241 e. The molecule has 0 saturated heterocycles. The predicted octanol–water partition coefficient (Wildman–Crippen LogP) is 4.94. The van der Waals surface area contributed by atoms with Gasteiger partial charge in [0.05, 0.1) is 48.4 Å². The maximum absolute atomic E-state index is 13.8. The maximum Gasteiger partial charge on any atom is 0.241 e. The zero-order valence-electron chi connectivity index (χ0n) is 28.4. The van der Waals surface area contributed by atoms with Gasteiger partial charge in [-0.2, -0.15) is 10.5 Å². The molecule has 0 saturated carbocycles. The first-order chi connectivity index (χ1) is 24.9. The lowest BCUT2D eigenvalue weighted by Crippen LogP contribution is -2.49. The Morgan fingerprint density at radius 2 is 0.942 bits per heavy atom. The summed E-state index contributed by atoms with van der Waals surface area (Å²) in [5, 5.41) is 29.1. The number of nitrogens with one attached hydrogen (secondary N) is 4. The maximum atomic E-state index is 13.8. The van der Waals surface area contributed by atoms with Crippen LogP contribution in [0.4, 0.5) is 31.5 Å². The SMILES string of the molecule is CN(CC(=O)Nc1cccc(F)c1)C(CCC(C(=O)Nc1ccc(C#N)cc1)N(C)CC(=O)Nc1cccc(F)c1)C(=O)Nc1ccc(C#N)cc1. The van der Waals surface area contributed by atoms with E-state index in [4.69, 9.17) is 10.5 Å². The fraction of sp³-hybridized carbons (Fsp3) is 0.211. The minimum Gasteiger partial charge on any atom is -0.325 e. The number of rotatable bonds is 15. The van der Waals surface area contributed by atoms with Crippen molar-refractivity contribution in [2.24, 2.45) is 0 Å². The van der Waals surface area contributed by atoms with Gasteiger partial charge in [0, 0.05) is 22.7 Å². The van der Waals surface area contributed by atoms with Crippen LogP contribution in [0.5, 0.6) is 0 Å². The molecular formula is C38H36F2N8O4. The number of carbonyl (C=O) groups is 4. The van der Waals surface area contributed by atoms with Crippen LogP contribution in [-0.4, -0.2) is 72.7 Å². The minimum atomic E-state index is -0.992. The molecule has 0 spiro atoms. The normalized spacial score (nSPS) is 11.8. The summed E-state index contributed by atoms with van der Waals surface area (Å²) in [6, 6.07) is 25.1. The molecule has 0 fully saturated rings. The van der Waals surface area contributed by atoms with Gasteiger partial charge in [0.2, 0.25) is 23.6 Å². The molecule has 4 amide bonds. The van der Waals surface area contributed by atoms with E-state index in [1.54, 1.807) is 38.4 Å². The third kappa shape index (κ3) is 11.6. The van der Waals surface area contributed by atoms with E-state index in [1.807, 2.05) is 12.1 Å². The van der Waals surface area contributed by atoms with Crippen LogP contribution in [0.1, 0.15) is 24.0 Å². The molecule has 4 N–H and O–H groups in total. The second-order valence-corrected chi connectivity index (χ2v) is 11.9. The Kier molecular flexibility index (Phi) is 13.6. The summed E-state index contributed by atoms with van der Waals surface area (Å²) in [5.41, 5.74) is 2.03. The van der Waals surface area contributed by atoms with Crippen LogP contribution in [0.15, 0.2) is 97.1 Å². The minimum absolute atomic E-state index is 0.0210. The molecule has 2 unspecified atom stereocenters. The lowest BCUT2D eigenvalue weighted by Gasteiger charge is -2.31. The van der Waals surface area contributed by atoms with E-state index >= 15 is 0 Å². The molecule has 4 rings (SSSR count). The molecule has 0 bridgehead atoms. The molecule has 0 aliphatic rings. The molecule has 4 aromatic carbocycles. The summed E-state index contributed by atoms with van der Waals surface area (Å²) < 4.78 is 27.5. The first-order valence-electron chi connectivity index (χ1n) is 16.1. The van der Waals surface area contributed by atoms with Gasteiger partial charge in [-0.1, -0.05) is 12.1 Å². The van der Waals surface area contributed by atoms with Crippen LogP contribution in [0.3, 0.4) is 0 Å². The number of benzene rings is 4. The first kappa shape index (κ1) is 38.3. The Morgan fingerprint density at radius 1 is 0.577 bits per heavy atom. The molecule has 14 heteroatoms. The highest BCUT2D eigenvalue weighted by Crippen LogP contribution is 2.19. The van der Waals surface area contributed by atoms with Gasteiger partial charge in [-0.05, 0) is 112 Å². The van der Waals surface area contributed by atoms with Crippen LogP contribution < -0.4 is 21.3 Å². The van der Waals surface area contributed by atoms with Crippen molar-refractivity contribution in [3.63, 3.8) is 0 Å². The number of likely N-dealkylation sites (N-methyl/N-ethyl adjacent to an activating group) is 2. The molecule has 0 heterocycles. The molecular weight excluding hydrogens is 670 g/mol. The number of amides is 4. The van der Waals surface area contributed by atoms with Gasteiger partial charge < -0.3 is 21.3 Å². The summed E-state index contributed by atoms with van der Waals surface area (Å²) in [4.78, 5) is 56.5. The highest BCUT2D eigenvalue weighted by Gasteiger charge is 2.31. The molecule has 52 heavy (non-hydrogen) atoms. The lowest BCUT2D eigenvalue weighted by molar-refractivity contribution is -0.126. The van der Waals surface area contributed by atoms with Gasteiger partial charge in [-0.15, -0.1) is 0 Å². The first-order valence-corrected chi connectivity index (χ1v) is 16.1. The van der Waals surface area contributed by atoms with Crippen molar-refractivity contribution in [3.05, 3.63) is 120 Å². The molecule has 0 aromatic heterocycles. The number of halogens is 2. The molecule has 0 radical (unpaired) electrons. The van der Waals surface area contributed by atoms with Crippen LogP contribution in [0.2, 0.25) is 0 Å². The summed E-state index contributed by atoms with van der Waals surface area (Å²) in [6.07, 6.45) is 0.0420. The van der Waals surface area contributed by atoms with Crippen molar-refractivity contribution < 1.29 is 28.0 Å². The Balaban J connectivity index is 1.56. The van der Waals surface area contributed by atoms with Gasteiger partial charge in [0.1, 0.15) is 11.6 Å². The number of hydrogen-bond acceptors (Lipinski definition) is 8. The summed E-state index contributed by atoms with van der Waals surface area (Å²) in [7, 11) is 3.10. The van der Waals surface area contributed by atoms with E-state index in [-0.39, 0.29) is 37.3 Å². The molecule has 0 aliphatic heterocycles. The van der Waals surface area contributed by atoms with Crippen molar-refractivity contribution in [2.45, 2.75) is 24.9 Å². The fourth-order valence-corrected chi connectivity index (χ4v) is 5.33. The largest absolute Gasteiger partial charge is 0.325 e. The predicted molar refractivity (Wildman–Crippen MR) is 192 cm³/mol. The third-order valence-electron chi connectivity index (χ3n) is 7.95. The monoisotopic (exact) mass is 706 g/mol. The number of carbonyl (C=O) groups excluding carboxylic acids is 4. The Labute approximate surface area is 299 Å². The Bertz CT molecular complexity index is 1830. The standard InChI is InChI=1S/C38H36F2N8O4/c1-47(23-35(49)43-31-7-3-5-27(39)19-31)33(37(51)45-29-13-9-25(21-41)10-14-29)17-18-34(38(52)46-30-15-11-26(22-42)12-16-30)48(2)24-36(50)44-32-8-4-6-28(40)20-32/h3-16,19-20,33-34H,17-18,23-24H2,1-2H3,(H,43,49)(H,44,50)(H,45,51)(H,46,52). The average Bonchev–Trinajstić information content (AvgIpc) is 3.10. The Hall–Kier alpha value is -6.48. The highest BCUT2D eigenvalue weighted by atomic mass is 19.1. The zero-order valence-corrected chi connectivity index (χ0v) is 28.4. The summed E-state index contributed by atoms with van der Waals surface area (Å²) >= 11 is 0. The Morgan fingerprint density at radius 3 is 1.27 bits per heavy atom. The molecule has 12 nitrogen and oxygen atoms in total. The average molecular weight is 707 g/mol. The van der Waals surface area contributed by atoms with Crippen molar-refractivity contribution in [1.29, 1.82) is 10.5 Å². The molecule has 0 aliphatic carbocycles. The van der Waals surface area contributed by atoms with Gasteiger partial charge in [-0.25, -0.2) is 8.78 Å². The van der Waals surface area contributed by atoms with Crippen LogP contribution in [0, 0.1) is 34.3 Å². The number of nitrogens with zero attached hydrogens (tertiary/aromatic N) is 4. The van der Waals surface area contributed by atoms with Crippen molar-refractivity contribution in [3.8, 4) is 12.1 Å². The molecule has 2 atom stereocenters. The highest BCUT2D eigenvalue weighted by molar-refractivity contribution is 5.98. The third-order valence-corrected chi connectivity index (χ3v) is 7.95. The molecule has 266 valence electrons. The summed E-state index contributed by atoms with van der Waals surface area (Å²) in [6.45, 7) is -0.564. The van der Waals surface area contributed by atoms with Crippen LogP contribution in [0.25, 0.3) is 0 Å². The van der Waals surface area contributed by atoms with E-state index in [9.17, 15) is 28.0 Å². The zero-order chi connectivity index (χ0) is 37.6. The van der Waals surface area contributed by atoms with Crippen molar-refractivity contribution in [1.82, 2.24) is 9.80 Å². The number of anilines is 4. The lowest BCUT2D eigenvalue weighted by atomic mass is 10.0. The number of nitriles is 2. The van der Waals surface area contributed by atoms with E-state index in [0.29, 0.717) is 22.5 Å². The number of hydrogen-bond donors (Lipinski definition) is 4. The van der Waals surface area contributed by atoms with Crippen LogP contribution in [-0.2, 0) is 19.2 Å². The van der Waals surface area contributed by atoms with Crippen molar-refractivity contribution >= 4 is 46.4 Å². The second-order valence-electron chi connectivity index (χ2n) is 11.9. The quantitative estimate of drug-likeness (QED) is 0.135. The van der Waals surface area contributed by atoms with Gasteiger partial charge in [0.25, 0.3) is 0 Å². The topological polar surface area (TPSA) is 170 Å². The van der Waals surface area contributed by atoms with Crippen molar-refractivity contribution in [2.75, 3.05) is 48.5 Å². The molecule has 4 aromatic rings. The van der Waals surface area contributed by atoms with E-state index in [0.717, 1.165) is 12.1 Å². The van der Waals surface area contributed by atoms with Gasteiger partial charge in [0.15, 0.2) is 0 Å².